The number of rotatable bonds is 48. The summed E-state index contributed by atoms with van der Waals surface area (Å²) in [6, 6.07) is 0. The highest BCUT2D eigenvalue weighted by atomic mass is 16.5. The second kappa shape index (κ2) is 61.5. The number of aliphatic carboxylic acids is 2. The summed E-state index contributed by atoms with van der Waals surface area (Å²) in [5.74, 6) is -2.12. The van der Waals surface area contributed by atoms with Crippen LogP contribution in [0.1, 0.15) is 290 Å². The molecule has 8 nitrogen and oxygen atoms in total. The molecule has 0 saturated carbocycles. The second-order valence-electron chi connectivity index (χ2n) is 18.4. The van der Waals surface area contributed by atoms with Crippen LogP contribution in [0.3, 0.4) is 0 Å². The van der Waals surface area contributed by atoms with Gasteiger partial charge in [0.1, 0.15) is 12.7 Å². The van der Waals surface area contributed by atoms with Crippen molar-refractivity contribution < 1.29 is 39.5 Å². The number of esters is 1. The Morgan fingerprint density at radius 1 is 0.369 bits per heavy atom. The maximum atomic E-state index is 11.3. The molecule has 1 unspecified atom stereocenters. The summed E-state index contributed by atoms with van der Waals surface area (Å²) in [5.41, 5.74) is 0. The van der Waals surface area contributed by atoms with Gasteiger partial charge in [-0.3, -0.25) is 0 Å². The highest BCUT2D eigenvalue weighted by molar-refractivity contribution is 5.81. The summed E-state index contributed by atoms with van der Waals surface area (Å²) < 4.78 is 4.78. The molecule has 1 atom stereocenters. The number of hydrogen-bond donors (Lipinski definition) is 4. The number of ether oxygens (including phenoxy) is 1. The van der Waals surface area contributed by atoms with E-state index in [0.717, 1.165) is 38.5 Å². The molecule has 0 amide bonds. The van der Waals surface area contributed by atoms with Crippen LogP contribution in [-0.4, -0.2) is 57.7 Å². The maximum absolute atomic E-state index is 11.3. The summed E-state index contributed by atoms with van der Waals surface area (Å²) in [6.07, 6.45) is 63.6. The van der Waals surface area contributed by atoms with E-state index in [1.54, 1.807) is 12.2 Å². The summed E-state index contributed by atoms with van der Waals surface area (Å²) in [6.45, 7) is 6.25. The van der Waals surface area contributed by atoms with Crippen molar-refractivity contribution in [3.8, 4) is 0 Å². The van der Waals surface area contributed by atoms with Crippen LogP contribution in [0, 0.1) is 0 Å². The first-order chi connectivity index (χ1) is 31.7. The standard InChI is InChI=1S/C21H40O4.2C18H34O2/c1-2-3-4-5-6-7-8-9-10-11-12-13-14-15-16-17-21(24)25-19-20(23)18-22;2*1-2-3-4-5-6-7-8-9-10-11-12-13-14-15-16-17-18(19)20/h16-17,20,22-23H,2-15,18-19H2,1H3;2*16-17H,2-15H2,1H3,(H,19,20). The van der Waals surface area contributed by atoms with Crippen molar-refractivity contribution in [2.75, 3.05) is 13.2 Å². The molecule has 4 N–H and O–H groups in total. The molecular weight excluding hydrogens is 813 g/mol. The minimum atomic E-state index is -0.988. The van der Waals surface area contributed by atoms with Crippen LogP contribution >= 0.6 is 0 Å². The Labute approximate surface area is 402 Å². The smallest absolute Gasteiger partial charge is 0.330 e. The molecule has 0 aromatic rings. The molecule has 0 fully saturated rings. The molecule has 0 aliphatic rings. The first kappa shape index (κ1) is 66.8. The first-order valence-corrected chi connectivity index (χ1v) is 27.7. The van der Waals surface area contributed by atoms with Gasteiger partial charge in [-0.05, 0) is 38.5 Å². The number of hydrogen-bond acceptors (Lipinski definition) is 6. The van der Waals surface area contributed by atoms with Crippen molar-refractivity contribution in [1.29, 1.82) is 0 Å². The molecule has 0 aromatic carbocycles. The van der Waals surface area contributed by atoms with Crippen molar-refractivity contribution >= 4 is 17.9 Å². The van der Waals surface area contributed by atoms with Gasteiger partial charge in [0, 0.05) is 18.2 Å². The lowest BCUT2D eigenvalue weighted by Crippen LogP contribution is -2.21. The molecule has 0 aliphatic carbocycles. The fraction of sp³-hybridized carbons (Fsp3) is 0.842. The third-order valence-corrected chi connectivity index (χ3v) is 11.8. The average Bonchev–Trinajstić information content (AvgIpc) is 3.29. The zero-order valence-electron chi connectivity index (χ0n) is 43.1. The number of carbonyl (C=O) groups excluding carboxylic acids is 1. The van der Waals surface area contributed by atoms with Gasteiger partial charge >= 0.3 is 17.9 Å². The van der Waals surface area contributed by atoms with Gasteiger partial charge in [-0.25, -0.2) is 14.4 Å². The lowest BCUT2D eigenvalue weighted by Gasteiger charge is -2.06. The van der Waals surface area contributed by atoms with Crippen molar-refractivity contribution in [3.63, 3.8) is 0 Å². The average molecular weight is 921 g/mol. The van der Waals surface area contributed by atoms with E-state index in [4.69, 9.17) is 25.2 Å². The molecule has 0 aliphatic heterocycles. The van der Waals surface area contributed by atoms with E-state index in [2.05, 4.69) is 20.8 Å². The number of aliphatic hydroxyl groups is 2. The van der Waals surface area contributed by atoms with Gasteiger partial charge < -0.3 is 25.2 Å². The number of aliphatic hydroxyl groups excluding tert-OH is 2. The molecule has 0 bridgehead atoms. The van der Waals surface area contributed by atoms with Crippen LogP contribution in [0.15, 0.2) is 36.5 Å². The number of allylic oxidation sites excluding steroid dienone is 3. The van der Waals surface area contributed by atoms with Crippen LogP contribution in [0.25, 0.3) is 0 Å². The van der Waals surface area contributed by atoms with Crippen molar-refractivity contribution in [3.05, 3.63) is 36.5 Å². The minimum absolute atomic E-state index is 0.154. The zero-order valence-corrected chi connectivity index (χ0v) is 43.1. The number of carboxylic acids is 2. The zero-order chi connectivity index (χ0) is 48.4. The van der Waals surface area contributed by atoms with Gasteiger partial charge in [0.15, 0.2) is 0 Å². The summed E-state index contributed by atoms with van der Waals surface area (Å²) in [7, 11) is 0. The molecule has 0 radical (unpaired) electrons. The van der Waals surface area contributed by atoms with E-state index in [9.17, 15) is 14.4 Å². The highest BCUT2D eigenvalue weighted by Gasteiger charge is 2.04. The SMILES string of the molecule is CCCCCCCCCCCCCCCC=CC(=O)O.CCCCCCCCCCCCCCCC=CC(=O)O.CCCCCCCCCCCCCCCC=CC(=O)OCC(O)CO. The van der Waals surface area contributed by atoms with Gasteiger partial charge in [-0.15, -0.1) is 0 Å². The predicted molar refractivity (Wildman–Crippen MR) is 278 cm³/mol. The third kappa shape index (κ3) is 70.7. The lowest BCUT2D eigenvalue weighted by atomic mass is 10.0. The maximum Gasteiger partial charge on any atom is 0.330 e. The van der Waals surface area contributed by atoms with Crippen LogP contribution in [0.2, 0.25) is 0 Å². The predicted octanol–water partition coefficient (Wildman–Crippen LogP) is 17.1. The molecule has 0 saturated heterocycles. The monoisotopic (exact) mass is 921 g/mol. The van der Waals surface area contributed by atoms with Gasteiger partial charge in [-0.1, -0.05) is 270 Å². The van der Waals surface area contributed by atoms with Crippen LogP contribution in [-0.2, 0) is 19.1 Å². The molecule has 0 aromatic heterocycles. The van der Waals surface area contributed by atoms with Crippen molar-refractivity contribution in [2.24, 2.45) is 0 Å². The fourth-order valence-electron chi connectivity index (χ4n) is 7.67. The quantitative estimate of drug-likeness (QED) is 0.0269. The lowest BCUT2D eigenvalue weighted by molar-refractivity contribution is -0.141. The van der Waals surface area contributed by atoms with Gasteiger partial charge in [-0.2, -0.15) is 0 Å². The van der Waals surface area contributed by atoms with Crippen LogP contribution in [0.4, 0.5) is 0 Å². The van der Waals surface area contributed by atoms with Gasteiger partial charge in [0.25, 0.3) is 0 Å². The third-order valence-electron chi connectivity index (χ3n) is 11.8. The molecule has 0 heterocycles. The highest BCUT2D eigenvalue weighted by Crippen LogP contribution is 2.16. The van der Waals surface area contributed by atoms with E-state index in [0.29, 0.717) is 0 Å². The Balaban J connectivity index is -0.000000896. The van der Waals surface area contributed by atoms with Crippen molar-refractivity contribution in [1.82, 2.24) is 0 Å². The van der Waals surface area contributed by atoms with Crippen LogP contribution < -0.4 is 0 Å². The first-order valence-electron chi connectivity index (χ1n) is 27.7. The van der Waals surface area contributed by atoms with Crippen molar-refractivity contribution in [2.45, 2.75) is 297 Å². The fourth-order valence-corrected chi connectivity index (χ4v) is 7.67. The van der Waals surface area contributed by atoms with Gasteiger partial charge in [0.2, 0.25) is 0 Å². The topological polar surface area (TPSA) is 141 Å². The van der Waals surface area contributed by atoms with E-state index in [-0.39, 0.29) is 6.61 Å². The molecular formula is C57H108O8. The number of carboxylic acid groups (broad SMARTS) is 2. The summed E-state index contributed by atoms with van der Waals surface area (Å²) in [5, 5.41) is 34.5. The molecule has 65 heavy (non-hydrogen) atoms. The Morgan fingerprint density at radius 2 is 0.585 bits per heavy atom. The Hall–Kier alpha value is -2.45. The second-order valence-corrected chi connectivity index (χ2v) is 18.4. The summed E-state index contributed by atoms with van der Waals surface area (Å²) in [4.78, 5) is 31.8. The Bertz CT molecular complexity index is 988. The molecule has 8 heteroatoms. The van der Waals surface area contributed by atoms with E-state index >= 15 is 0 Å². The molecule has 0 spiro atoms. The number of unbranched alkanes of at least 4 members (excludes halogenated alkanes) is 39. The van der Waals surface area contributed by atoms with E-state index < -0.39 is 30.6 Å². The largest absolute Gasteiger partial charge is 0.478 e. The number of carbonyl (C=O) groups is 3. The normalized spacial score (nSPS) is 11.8. The Kier molecular flexibility index (Phi) is 63.3. The Morgan fingerprint density at radius 3 is 0.800 bits per heavy atom. The van der Waals surface area contributed by atoms with E-state index in [1.165, 1.54) is 249 Å². The molecule has 0 rings (SSSR count). The summed E-state index contributed by atoms with van der Waals surface area (Å²) >= 11 is 0. The van der Waals surface area contributed by atoms with Crippen LogP contribution in [0.5, 0.6) is 0 Å². The minimum Gasteiger partial charge on any atom is -0.478 e. The molecule has 384 valence electrons. The van der Waals surface area contributed by atoms with Gasteiger partial charge in [0.05, 0.1) is 6.61 Å². The van der Waals surface area contributed by atoms with E-state index in [1.807, 2.05) is 6.08 Å².